The second-order valence-electron chi connectivity index (χ2n) is 5.74. The number of anilines is 1. The van der Waals surface area contributed by atoms with Gasteiger partial charge in [-0.05, 0) is 37.1 Å². The molecule has 0 aliphatic carbocycles. The lowest BCUT2D eigenvalue weighted by atomic mass is 10.1. The molecule has 0 saturated carbocycles. The number of hydrogen-bond donors (Lipinski definition) is 2. The molecular formula is C17H21N3O4. The lowest BCUT2D eigenvalue weighted by Crippen LogP contribution is -2.39. The minimum absolute atomic E-state index is 0.0418. The van der Waals surface area contributed by atoms with Crippen molar-refractivity contribution in [1.82, 2.24) is 9.88 Å². The van der Waals surface area contributed by atoms with Gasteiger partial charge in [0.25, 0.3) is 0 Å². The Bertz CT molecular complexity index is 674. The van der Waals surface area contributed by atoms with Crippen LogP contribution in [0.25, 0.3) is 0 Å². The maximum absolute atomic E-state index is 12.6. The Morgan fingerprint density at radius 2 is 2.42 bits per heavy atom. The Morgan fingerprint density at radius 1 is 1.54 bits per heavy atom. The van der Waals surface area contributed by atoms with Crippen LogP contribution in [0.2, 0.25) is 0 Å². The van der Waals surface area contributed by atoms with Gasteiger partial charge in [0.2, 0.25) is 0 Å². The Balaban J connectivity index is 1.65. The molecule has 2 amide bonds. The molecule has 0 aromatic carbocycles. The lowest BCUT2D eigenvalue weighted by Gasteiger charge is -2.26. The topological polar surface area (TPSA) is 87.8 Å². The summed E-state index contributed by atoms with van der Waals surface area (Å²) in [6.45, 7) is 0.649. The number of amides is 2. The zero-order valence-corrected chi connectivity index (χ0v) is 13.5. The predicted octanol–water partition coefficient (Wildman–Crippen LogP) is 2.80. The molecule has 7 nitrogen and oxygen atoms in total. The second kappa shape index (κ2) is 7.35. The summed E-state index contributed by atoms with van der Waals surface area (Å²) in [5.41, 5.74) is 0. The molecule has 1 aliphatic heterocycles. The number of urea groups is 1. The molecule has 2 N–H and O–H groups in total. The van der Waals surface area contributed by atoms with Gasteiger partial charge in [-0.2, -0.15) is 0 Å². The fourth-order valence-corrected chi connectivity index (χ4v) is 3.03. The number of methoxy groups -OCH3 is 1. The lowest BCUT2D eigenvalue weighted by molar-refractivity contribution is 0.110. The third kappa shape index (κ3) is 3.51. The van der Waals surface area contributed by atoms with Gasteiger partial charge in [0.1, 0.15) is 11.9 Å². The van der Waals surface area contributed by atoms with Gasteiger partial charge in [-0.3, -0.25) is 5.32 Å². The van der Waals surface area contributed by atoms with Crippen LogP contribution in [-0.4, -0.2) is 40.7 Å². The van der Waals surface area contributed by atoms with Crippen LogP contribution in [0, 0.1) is 0 Å². The monoisotopic (exact) mass is 331 g/mol. The van der Waals surface area contributed by atoms with Gasteiger partial charge in [-0.25, -0.2) is 9.78 Å². The van der Waals surface area contributed by atoms with Crippen LogP contribution < -0.4 is 10.1 Å². The third-order valence-electron chi connectivity index (χ3n) is 4.22. The predicted molar refractivity (Wildman–Crippen MR) is 87.8 cm³/mol. The largest absolute Gasteiger partial charge is 0.493 e. The summed E-state index contributed by atoms with van der Waals surface area (Å²) in [7, 11) is 1.53. The maximum atomic E-state index is 12.6. The number of hydrogen-bond acceptors (Lipinski definition) is 5. The Kier molecular flexibility index (Phi) is 5.00. The van der Waals surface area contributed by atoms with E-state index in [0.29, 0.717) is 30.3 Å². The highest BCUT2D eigenvalue weighted by Gasteiger charge is 2.31. The molecule has 2 aromatic heterocycles. The van der Waals surface area contributed by atoms with Gasteiger partial charge in [0.15, 0.2) is 11.6 Å². The smallest absolute Gasteiger partial charge is 0.323 e. The van der Waals surface area contributed by atoms with Crippen molar-refractivity contribution >= 4 is 11.8 Å². The summed E-state index contributed by atoms with van der Waals surface area (Å²) in [5, 5.41) is 13.0. The molecule has 0 spiro atoms. The molecule has 7 heteroatoms. The summed E-state index contributed by atoms with van der Waals surface area (Å²) in [5.74, 6) is 1.42. The number of aromatic nitrogens is 1. The Morgan fingerprint density at radius 3 is 3.17 bits per heavy atom. The number of ether oxygens (including phenoxy) is 1. The Hall–Kier alpha value is -2.54. The minimum Gasteiger partial charge on any atom is -0.493 e. The normalized spacial score (nSPS) is 18.4. The van der Waals surface area contributed by atoms with Crippen molar-refractivity contribution in [3.05, 3.63) is 42.5 Å². The molecule has 0 bridgehead atoms. The van der Waals surface area contributed by atoms with Crippen LogP contribution >= 0.6 is 0 Å². The molecule has 0 radical (unpaired) electrons. The first kappa shape index (κ1) is 16.3. The molecule has 1 fully saturated rings. The molecule has 0 unspecified atom stereocenters. The summed E-state index contributed by atoms with van der Waals surface area (Å²) in [6, 6.07) is 6.69. The van der Waals surface area contributed by atoms with Gasteiger partial charge in [0.05, 0.1) is 13.4 Å². The number of pyridine rings is 1. The molecule has 2 aromatic rings. The number of aliphatic hydroxyl groups is 1. The van der Waals surface area contributed by atoms with Crippen LogP contribution in [0.5, 0.6) is 5.75 Å². The van der Waals surface area contributed by atoms with E-state index in [-0.39, 0.29) is 12.1 Å². The van der Waals surface area contributed by atoms with E-state index in [1.165, 1.54) is 13.4 Å². The molecule has 2 atom stereocenters. The van der Waals surface area contributed by atoms with Crippen molar-refractivity contribution < 1.29 is 19.1 Å². The first-order valence-corrected chi connectivity index (χ1v) is 7.97. The quantitative estimate of drug-likeness (QED) is 0.879. The summed E-state index contributed by atoms with van der Waals surface area (Å²) < 4.78 is 10.4. The molecule has 3 heterocycles. The van der Waals surface area contributed by atoms with Crippen molar-refractivity contribution in [2.24, 2.45) is 0 Å². The number of likely N-dealkylation sites (tertiary alicyclic amines) is 1. The van der Waals surface area contributed by atoms with E-state index in [2.05, 4.69) is 10.3 Å². The Labute approximate surface area is 140 Å². The molecular weight excluding hydrogens is 310 g/mol. The van der Waals surface area contributed by atoms with E-state index in [4.69, 9.17) is 9.15 Å². The highest BCUT2D eigenvalue weighted by atomic mass is 16.5. The van der Waals surface area contributed by atoms with E-state index >= 15 is 0 Å². The van der Waals surface area contributed by atoms with Gasteiger partial charge in [-0.1, -0.05) is 0 Å². The van der Waals surface area contributed by atoms with Crippen molar-refractivity contribution in [3.63, 3.8) is 0 Å². The zero-order chi connectivity index (χ0) is 16.9. The molecule has 1 aliphatic rings. The number of rotatable bonds is 5. The van der Waals surface area contributed by atoms with Crippen molar-refractivity contribution in [3.8, 4) is 5.75 Å². The number of aliphatic hydroxyl groups excluding tert-OH is 1. The van der Waals surface area contributed by atoms with E-state index in [1.54, 1.807) is 35.4 Å². The van der Waals surface area contributed by atoms with Gasteiger partial charge in [-0.15, -0.1) is 0 Å². The average Bonchev–Trinajstić information content (AvgIpc) is 3.27. The highest BCUT2D eigenvalue weighted by Crippen LogP contribution is 2.29. The third-order valence-corrected chi connectivity index (χ3v) is 4.22. The van der Waals surface area contributed by atoms with Crippen LogP contribution in [0.4, 0.5) is 10.6 Å². The zero-order valence-electron chi connectivity index (χ0n) is 13.5. The molecule has 128 valence electrons. The summed E-state index contributed by atoms with van der Waals surface area (Å²) in [4.78, 5) is 18.5. The van der Waals surface area contributed by atoms with Crippen LogP contribution in [0.1, 0.15) is 31.1 Å². The first-order chi connectivity index (χ1) is 11.7. The number of nitrogens with zero attached hydrogens (tertiary/aromatic N) is 2. The van der Waals surface area contributed by atoms with Gasteiger partial charge in [0, 0.05) is 25.2 Å². The number of carbonyl (C=O) groups is 1. The molecule has 1 saturated heterocycles. The van der Waals surface area contributed by atoms with Crippen LogP contribution in [0.3, 0.4) is 0 Å². The number of carbonyl (C=O) groups excluding carboxylic acids is 1. The highest BCUT2D eigenvalue weighted by molar-refractivity contribution is 5.90. The number of nitrogens with one attached hydrogen (secondary N) is 1. The van der Waals surface area contributed by atoms with Crippen molar-refractivity contribution in [2.75, 3.05) is 19.0 Å². The fourth-order valence-electron chi connectivity index (χ4n) is 3.03. The maximum Gasteiger partial charge on any atom is 0.323 e. The van der Waals surface area contributed by atoms with Gasteiger partial charge < -0.3 is 19.2 Å². The molecule has 3 rings (SSSR count). The SMILES string of the molecule is COc1cccnc1NC(=O)N1CCC[C@@H]1C[C@@H](O)c1ccco1. The van der Waals surface area contributed by atoms with Crippen LogP contribution in [0.15, 0.2) is 41.1 Å². The van der Waals surface area contributed by atoms with Crippen LogP contribution in [-0.2, 0) is 0 Å². The standard InChI is InChI=1S/C17H21N3O4/c1-23-15-6-2-8-18-16(15)19-17(22)20-9-3-5-12(20)11-13(21)14-7-4-10-24-14/h2,4,6-8,10,12-13,21H,3,5,9,11H2,1H3,(H,18,19,22)/t12-,13-/m1/s1. The summed E-state index contributed by atoms with van der Waals surface area (Å²) >= 11 is 0. The summed E-state index contributed by atoms with van der Waals surface area (Å²) in [6.07, 6.45) is 4.61. The minimum atomic E-state index is -0.720. The van der Waals surface area contributed by atoms with Crippen molar-refractivity contribution in [1.29, 1.82) is 0 Å². The van der Waals surface area contributed by atoms with E-state index in [0.717, 1.165) is 12.8 Å². The average molecular weight is 331 g/mol. The van der Waals surface area contributed by atoms with Gasteiger partial charge >= 0.3 is 6.03 Å². The second-order valence-corrected chi connectivity index (χ2v) is 5.74. The van der Waals surface area contributed by atoms with E-state index < -0.39 is 6.10 Å². The number of furan rings is 1. The van der Waals surface area contributed by atoms with E-state index in [9.17, 15) is 9.90 Å². The van der Waals surface area contributed by atoms with Crippen molar-refractivity contribution in [2.45, 2.75) is 31.4 Å². The fraction of sp³-hybridized carbons (Fsp3) is 0.412. The molecule has 24 heavy (non-hydrogen) atoms. The first-order valence-electron chi connectivity index (χ1n) is 7.97. The van der Waals surface area contributed by atoms with E-state index in [1.807, 2.05) is 0 Å².